The monoisotopic (exact) mass is 341 g/mol. The Bertz CT molecular complexity index is 800. The number of ether oxygens (including phenoxy) is 4. The number of hydrogen-bond acceptors (Lipinski definition) is 5. The van der Waals surface area contributed by atoms with Crippen LogP contribution in [0.2, 0.25) is 0 Å². The molecule has 0 atom stereocenters. The molecule has 0 bridgehead atoms. The van der Waals surface area contributed by atoms with E-state index in [4.69, 9.17) is 18.9 Å². The topological polar surface area (TPSA) is 66.0 Å². The molecule has 6 nitrogen and oxygen atoms in total. The molecule has 0 radical (unpaired) electrons. The third kappa shape index (κ3) is 4.03. The van der Waals surface area contributed by atoms with E-state index in [0.717, 1.165) is 5.56 Å². The summed E-state index contributed by atoms with van der Waals surface area (Å²) in [4.78, 5) is 12.2. The van der Waals surface area contributed by atoms with Crippen LogP contribution >= 0.6 is 0 Å². The zero-order valence-corrected chi connectivity index (χ0v) is 14.1. The Morgan fingerprint density at radius 2 is 1.84 bits per heavy atom. The van der Waals surface area contributed by atoms with Crippen molar-refractivity contribution < 1.29 is 23.7 Å². The lowest BCUT2D eigenvalue weighted by Crippen LogP contribution is -2.16. The molecule has 1 aliphatic rings. The average molecular weight is 341 g/mol. The maximum Gasteiger partial charge on any atom is 0.248 e. The molecule has 2 aromatic rings. The molecule has 1 heterocycles. The maximum atomic E-state index is 12.2. The van der Waals surface area contributed by atoms with E-state index in [1.165, 1.54) is 6.08 Å². The van der Waals surface area contributed by atoms with Gasteiger partial charge in [-0.1, -0.05) is 0 Å². The smallest absolute Gasteiger partial charge is 0.248 e. The Labute approximate surface area is 146 Å². The quantitative estimate of drug-likeness (QED) is 0.847. The van der Waals surface area contributed by atoms with Gasteiger partial charge in [-0.2, -0.15) is 0 Å². The Hall–Kier alpha value is -3.15. The van der Waals surface area contributed by atoms with Crippen LogP contribution < -0.4 is 24.3 Å². The first-order valence-corrected chi connectivity index (χ1v) is 7.80. The van der Waals surface area contributed by atoms with Crippen LogP contribution in [-0.4, -0.2) is 33.3 Å². The molecule has 130 valence electrons. The Morgan fingerprint density at radius 1 is 1.04 bits per heavy atom. The predicted octanol–water partition coefficient (Wildman–Crippen LogP) is 3.13. The number of anilines is 1. The highest BCUT2D eigenvalue weighted by Crippen LogP contribution is 2.32. The maximum absolute atomic E-state index is 12.2. The van der Waals surface area contributed by atoms with Gasteiger partial charge in [0.2, 0.25) is 5.91 Å². The van der Waals surface area contributed by atoms with Gasteiger partial charge in [-0.3, -0.25) is 4.79 Å². The van der Waals surface area contributed by atoms with Crippen LogP contribution in [0.25, 0.3) is 6.08 Å². The van der Waals surface area contributed by atoms with Crippen molar-refractivity contribution >= 4 is 17.7 Å². The van der Waals surface area contributed by atoms with Crippen LogP contribution in [0.3, 0.4) is 0 Å². The predicted molar refractivity (Wildman–Crippen MR) is 94.6 cm³/mol. The fourth-order valence-electron chi connectivity index (χ4n) is 2.44. The van der Waals surface area contributed by atoms with Crippen molar-refractivity contribution in [1.82, 2.24) is 0 Å². The summed E-state index contributed by atoms with van der Waals surface area (Å²) >= 11 is 0. The van der Waals surface area contributed by atoms with Crippen molar-refractivity contribution in [1.29, 1.82) is 0 Å². The fraction of sp³-hybridized carbons (Fsp3) is 0.211. The van der Waals surface area contributed by atoms with Crippen LogP contribution in [0, 0.1) is 0 Å². The van der Waals surface area contributed by atoms with Gasteiger partial charge in [-0.25, -0.2) is 0 Å². The number of nitrogens with one attached hydrogen (secondary N) is 1. The van der Waals surface area contributed by atoms with E-state index in [0.29, 0.717) is 41.9 Å². The van der Waals surface area contributed by atoms with Gasteiger partial charge in [-0.05, 0) is 36.4 Å². The largest absolute Gasteiger partial charge is 0.497 e. The van der Waals surface area contributed by atoms with Gasteiger partial charge in [-0.15, -0.1) is 0 Å². The van der Waals surface area contributed by atoms with Crippen LogP contribution in [0.5, 0.6) is 23.0 Å². The number of methoxy groups -OCH3 is 2. The van der Waals surface area contributed by atoms with Gasteiger partial charge >= 0.3 is 0 Å². The lowest BCUT2D eigenvalue weighted by atomic mass is 10.1. The van der Waals surface area contributed by atoms with Crippen molar-refractivity contribution in [2.24, 2.45) is 0 Å². The van der Waals surface area contributed by atoms with Crippen molar-refractivity contribution in [2.45, 2.75) is 0 Å². The number of fused-ring (bicyclic) bond motifs is 1. The van der Waals surface area contributed by atoms with E-state index in [2.05, 4.69) is 5.32 Å². The molecule has 6 heteroatoms. The Kier molecular flexibility index (Phi) is 5.09. The van der Waals surface area contributed by atoms with Crippen molar-refractivity contribution in [3.63, 3.8) is 0 Å². The first-order valence-electron chi connectivity index (χ1n) is 7.80. The van der Waals surface area contributed by atoms with Crippen LogP contribution in [-0.2, 0) is 4.79 Å². The normalized spacial score (nSPS) is 12.7. The Morgan fingerprint density at radius 3 is 2.60 bits per heavy atom. The number of carbonyl (C=O) groups excluding carboxylic acids is 1. The summed E-state index contributed by atoms with van der Waals surface area (Å²) in [6.45, 7) is 1.03. The van der Waals surface area contributed by atoms with E-state index in [1.54, 1.807) is 56.7 Å². The van der Waals surface area contributed by atoms with Crippen molar-refractivity contribution in [3.05, 3.63) is 48.0 Å². The summed E-state index contributed by atoms with van der Waals surface area (Å²) < 4.78 is 21.4. The Balaban J connectivity index is 1.71. The summed E-state index contributed by atoms with van der Waals surface area (Å²) in [5, 5.41) is 2.80. The average Bonchev–Trinajstić information content (AvgIpc) is 2.66. The van der Waals surface area contributed by atoms with Crippen LogP contribution in [0.1, 0.15) is 5.56 Å². The lowest BCUT2D eigenvalue weighted by Gasteiger charge is -2.18. The van der Waals surface area contributed by atoms with Gasteiger partial charge in [0.1, 0.15) is 24.7 Å². The van der Waals surface area contributed by atoms with E-state index in [-0.39, 0.29) is 5.91 Å². The highest BCUT2D eigenvalue weighted by atomic mass is 16.6. The minimum atomic E-state index is -0.262. The van der Waals surface area contributed by atoms with Crippen LogP contribution in [0.4, 0.5) is 5.69 Å². The molecule has 0 spiro atoms. The molecule has 1 amide bonds. The van der Waals surface area contributed by atoms with Gasteiger partial charge in [0.25, 0.3) is 0 Å². The first-order chi connectivity index (χ1) is 12.2. The minimum absolute atomic E-state index is 0.262. The van der Waals surface area contributed by atoms with E-state index >= 15 is 0 Å². The fourth-order valence-corrected chi connectivity index (χ4v) is 2.44. The van der Waals surface area contributed by atoms with E-state index in [1.807, 2.05) is 0 Å². The van der Waals surface area contributed by atoms with Crippen molar-refractivity contribution in [3.8, 4) is 23.0 Å². The zero-order valence-electron chi connectivity index (χ0n) is 14.1. The second-order valence-corrected chi connectivity index (χ2v) is 5.29. The third-order valence-corrected chi connectivity index (χ3v) is 3.66. The SMILES string of the molecule is COc1ccc(OC)c(/C=C/C(=O)Nc2ccc3c(c2)OCCO3)c1. The summed E-state index contributed by atoms with van der Waals surface area (Å²) in [5.74, 6) is 2.39. The summed E-state index contributed by atoms with van der Waals surface area (Å²) in [7, 11) is 3.16. The molecule has 0 saturated carbocycles. The minimum Gasteiger partial charge on any atom is -0.497 e. The molecule has 0 unspecified atom stereocenters. The van der Waals surface area contributed by atoms with Crippen LogP contribution in [0.15, 0.2) is 42.5 Å². The molecule has 1 aliphatic heterocycles. The lowest BCUT2D eigenvalue weighted by molar-refractivity contribution is -0.111. The summed E-state index contributed by atoms with van der Waals surface area (Å²) in [6.07, 6.45) is 3.11. The molecule has 3 rings (SSSR count). The standard InChI is InChI=1S/C19H19NO5/c1-22-15-5-7-16(23-2)13(11-15)3-8-19(21)20-14-4-6-17-18(12-14)25-10-9-24-17/h3-8,11-12H,9-10H2,1-2H3,(H,20,21)/b8-3+. The molecule has 0 saturated heterocycles. The number of carbonyl (C=O) groups is 1. The van der Waals surface area contributed by atoms with Gasteiger partial charge in [0.15, 0.2) is 11.5 Å². The second-order valence-electron chi connectivity index (χ2n) is 5.29. The molecule has 25 heavy (non-hydrogen) atoms. The summed E-state index contributed by atoms with van der Waals surface area (Å²) in [5.41, 5.74) is 1.38. The highest BCUT2D eigenvalue weighted by Gasteiger charge is 2.12. The van der Waals surface area contributed by atoms with Gasteiger partial charge in [0.05, 0.1) is 14.2 Å². The number of benzene rings is 2. The number of amides is 1. The second kappa shape index (κ2) is 7.61. The molecular weight excluding hydrogens is 322 g/mol. The van der Waals surface area contributed by atoms with Crippen molar-refractivity contribution in [2.75, 3.05) is 32.8 Å². The first kappa shape index (κ1) is 16.7. The molecule has 1 N–H and O–H groups in total. The molecule has 0 fully saturated rings. The molecular formula is C19H19NO5. The molecule has 0 aliphatic carbocycles. The zero-order chi connectivity index (χ0) is 17.6. The molecule has 2 aromatic carbocycles. The number of hydrogen-bond donors (Lipinski definition) is 1. The van der Waals surface area contributed by atoms with E-state index in [9.17, 15) is 4.79 Å². The van der Waals surface area contributed by atoms with Gasteiger partial charge in [0, 0.05) is 23.4 Å². The van der Waals surface area contributed by atoms with Gasteiger partial charge < -0.3 is 24.3 Å². The molecule has 0 aromatic heterocycles. The summed E-state index contributed by atoms with van der Waals surface area (Å²) in [6, 6.07) is 10.7. The highest BCUT2D eigenvalue weighted by molar-refractivity contribution is 6.02. The number of rotatable bonds is 5. The third-order valence-electron chi connectivity index (χ3n) is 3.66. The van der Waals surface area contributed by atoms with E-state index < -0.39 is 0 Å².